The summed E-state index contributed by atoms with van der Waals surface area (Å²) in [6.45, 7) is 0. The van der Waals surface area contributed by atoms with Gasteiger partial charge in [-0.1, -0.05) is 0 Å². The van der Waals surface area contributed by atoms with Crippen LogP contribution in [0.2, 0.25) is 0 Å². The van der Waals surface area contributed by atoms with E-state index < -0.39 is 4.92 Å². The minimum absolute atomic E-state index is 0.273. The smallest absolute Gasteiger partial charge is 0.318 e. The number of pyridine rings is 1. The van der Waals surface area contributed by atoms with Crippen molar-refractivity contribution in [2.24, 2.45) is 0 Å². The van der Waals surface area contributed by atoms with Gasteiger partial charge in [-0.05, 0) is 18.2 Å². The fourth-order valence-electron chi connectivity index (χ4n) is 1.33. The van der Waals surface area contributed by atoms with Crippen molar-refractivity contribution in [1.82, 2.24) is 4.98 Å². The Hall–Kier alpha value is -2.17. The molecule has 0 bridgehead atoms. The maximum atomic E-state index is 10.7. The SMILES string of the molecule is O=[N+]([O-])c1c(O)ccc2cnccc12. The molecule has 0 fully saturated rings. The van der Waals surface area contributed by atoms with Crippen LogP contribution < -0.4 is 0 Å². The van der Waals surface area contributed by atoms with E-state index in [-0.39, 0.29) is 11.4 Å². The van der Waals surface area contributed by atoms with Crippen LogP contribution in [0.25, 0.3) is 10.8 Å². The predicted octanol–water partition coefficient (Wildman–Crippen LogP) is 1.85. The normalized spacial score (nSPS) is 10.3. The Morgan fingerprint density at radius 1 is 1.36 bits per heavy atom. The van der Waals surface area contributed by atoms with Gasteiger partial charge in [-0.25, -0.2) is 0 Å². The Bertz CT molecular complexity index is 510. The van der Waals surface area contributed by atoms with E-state index in [4.69, 9.17) is 0 Å². The molecule has 0 aliphatic heterocycles. The molecule has 0 saturated heterocycles. The summed E-state index contributed by atoms with van der Waals surface area (Å²) in [5.41, 5.74) is -0.273. The van der Waals surface area contributed by atoms with Crippen molar-refractivity contribution in [1.29, 1.82) is 0 Å². The van der Waals surface area contributed by atoms with Gasteiger partial charge in [0.2, 0.25) is 0 Å². The van der Waals surface area contributed by atoms with Crippen molar-refractivity contribution >= 4 is 16.5 Å². The zero-order valence-corrected chi connectivity index (χ0v) is 7.04. The van der Waals surface area contributed by atoms with Gasteiger partial charge in [0.15, 0.2) is 5.75 Å². The number of fused-ring (bicyclic) bond motifs is 1. The molecule has 0 spiro atoms. The Morgan fingerprint density at radius 2 is 2.14 bits per heavy atom. The van der Waals surface area contributed by atoms with Gasteiger partial charge in [0, 0.05) is 17.8 Å². The summed E-state index contributed by atoms with van der Waals surface area (Å²) in [6.07, 6.45) is 2.97. The van der Waals surface area contributed by atoms with Crippen LogP contribution >= 0.6 is 0 Å². The number of hydrogen-bond acceptors (Lipinski definition) is 4. The van der Waals surface area contributed by atoms with Crippen molar-refractivity contribution in [3.63, 3.8) is 0 Å². The molecule has 0 atom stereocenters. The van der Waals surface area contributed by atoms with Gasteiger partial charge in [-0.3, -0.25) is 15.1 Å². The molecule has 1 aromatic carbocycles. The second-order valence-corrected chi connectivity index (χ2v) is 2.79. The summed E-state index contributed by atoms with van der Waals surface area (Å²) in [5, 5.41) is 21.0. The fourth-order valence-corrected chi connectivity index (χ4v) is 1.33. The van der Waals surface area contributed by atoms with E-state index in [1.165, 1.54) is 24.5 Å². The van der Waals surface area contributed by atoms with Crippen LogP contribution in [-0.2, 0) is 0 Å². The molecule has 2 rings (SSSR count). The minimum atomic E-state index is -0.600. The van der Waals surface area contributed by atoms with E-state index in [1.807, 2.05) is 0 Å². The molecule has 5 nitrogen and oxygen atoms in total. The molecule has 1 aromatic heterocycles. The first-order valence-electron chi connectivity index (χ1n) is 3.90. The molecular weight excluding hydrogens is 184 g/mol. The number of nitro groups is 1. The van der Waals surface area contributed by atoms with Gasteiger partial charge in [0.1, 0.15) is 0 Å². The second kappa shape index (κ2) is 2.95. The van der Waals surface area contributed by atoms with Crippen molar-refractivity contribution in [2.45, 2.75) is 0 Å². The largest absolute Gasteiger partial charge is 0.502 e. The van der Waals surface area contributed by atoms with Crippen molar-refractivity contribution in [2.75, 3.05) is 0 Å². The third-order valence-corrected chi connectivity index (χ3v) is 1.95. The van der Waals surface area contributed by atoms with Crippen LogP contribution in [0.5, 0.6) is 5.75 Å². The molecule has 5 heteroatoms. The summed E-state index contributed by atoms with van der Waals surface area (Å²) in [4.78, 5) is 13.9. The number of phenols is 1. The van der Waals surface area contributed by atoms with Gasteiger partial charge in [-0.2, -0.15) is 0 Å². The average Bonchev–Trinajstić information content (AvgIpc) is 2.17. The molecule has 14 heavy (non-hydrogen) atoms. The lowest BCUT2D eigenvalue weighted by atomic mass is 10.1. The number of nitro benzene ring substituents is 1. The number of rotatable bonds is 1. The molecule has 70 valence electrons. The number of nitrogens with zero attached hydrogens (tertiary/aromatic N) is 2. The van der Waals surface area contributed by atoms with Gasteiger partial charge in [0.05, 0.1) is 10.3 Å². The highest BCUT2D eigenvalue weighted by Gasteiger charge is 2.17. The Balaban J connectivity index is 2.90. The van der Waals surface area contributed by atoms with Crippen LogP contribution in [0.15, 0.2) is 30.6 Å². The lowest BCUT2D eigenvalue weighted by molar-refractivity contribution is -0.384. The molecule has 2 aromatic rings. The maximum Gasteiger partial charge on any atom is 0.318 e. The highest BCUT2D eigenvalue weighted by molar-refractivity contribution is 5.92. The Kier molecular flexibility index (Phi) is 1.78. The van der Waals surface area contributed by atoms with Crippen molar-refractivity contribution in [3.05, 3.63) is 40.7 Å². The van der Waals surface area contributed by atoms with Gasteiger partial charge in [-0.15, -0.1) is 0 Å². The first-order valence-corrected chi connectivity index (χ1v) is 3.90. The van der Waals surface area contributed by atoms with E-state index in [9.17, 15) is 15.2 Å². The van der Waals surface area contributed by atoms with E-state index in [1.54, 1.807) is 6.07 Å². The van der Waals surface area contributed by atoms with Gasteiger partial charge >= 0.3 is 5.69 Å². The lowest BCUT2D eigenvalue weighted by Gasteiger charge is -1.99. The first-order chi connectivity index (χ1) is 6.70. The van der Waals surface area contributed by atoms with E-state index in [0.717, 1.165) is 0 Å². The van der Waals surface area contributed by atoms with Crippen molar-refractivity contribution < 1.29 is 10.0 Å². The third kappa shape index (κ3) is 1.15. The topological polar surface area (TPSA) is 76.3 Å². The average molecular weight is 190 g/mol. The summed E-state index contributed by atoms with van der Waals surface area (Å²) in [7, 11) is 0. The van der Waals surface area contributed by atoms with E-state index >= 15 is 0 Å². The molecule has 0 aliphatic rings. The Morgan fingerprint density at radius 3 is 2.86 bits per heavy atom. The molecule has 0 unspecified atom stereocenters. The van der Waals surface area contributed by atoms with Gasteiger partial charge < -0.3 is 5.11 Å². The minimum Gasteiger partial charge on any atom is -0.502 e. The zero-order valence-electron chi connectivity index (χ0n) is 7.04. The summed E-state index contributed by atoms with van der Waals surface area (Å²) in [6, 6.07) is 4.39. The quantitative estimate of drug-likeness (QED) is 0.549. The summed E-state index contributed by atoms with van der Waals surface area (Å²) in [5.74, 6) is -0.325. The number of benzene rings is 1. The predicted molar refractivity (Wildman–Crippen MR) is 50.1 cm³/mol. The van der Waals surface area contributed by atoms with Gasteiger partial charge in [0.25, 0.3) is 0 Å². The maximum absolute atomic E-state index is 10.7. The monoisotopic (exact) mass is 190 g/mol. The second-order valence-electron chi connectivity index (χ2n) is 2.79. The highest BCUT2D eigenvalue weighted by Crippen LogP contribution is 2.33. The fraction of sp³-hybridized carbons (Fsp3) is 0. The number of hydrogen-bond donors (Lipinski definition) is 1. The summed E-state index contributed by atoms with van der Waals surface area (Å²) < 4.78 is 0. The molecule has 0 amide bonds. The molecule has 1 heterocycles. The molecular formula is C9H6N2O3. The Labute approximate surface area is 78.8 Å². The molecule has 0 saturated carbocycles. The number of phenolic OH excluding ortho intramolecular Hbond substituents is 1. The third-order valence-electron chi connectivity index (χ3n) is 1.95. The molecule has 0 radical (unpaired) electrons. The highest BCUT2D eigenvalue weighted by atomic mass is 16.6. The first kappa shape index (κ1) is 8.43. The zero-order chi connectivity index (χ0) is 10.1. The molecule has 1 N–H and O–H groups in total. The molecule has 0 aliphatic carbocycles. The van der Waals surface area contributed by atoms with Crippen molar-refractivity contribution in [3.8, 4) is 5.75 Å². The number of aromatic hydroxyl groups is 1. The standard InChI is InChI=1S/C9H6N2O3/c12-8-2-1-6-5-10-4-3-7(6)9(8)11(13)14/h1-5,12H. The van der Waals surface area contributed by atoms with Crippen LogP contribution in [-0.4, -0.2) is 15.0 Å². The summed E-state index contributed by atoms with van der Waals surface area (Å²) >= 11 is 0. The lowest BCUT2D eigenvalue weighted by Crippen LogP contribution is -1.90. The van der Waals surface area contributed by atoms with Crippen LogP contribution in [0.3, 0.4) is 0 Å². The van der Waals surface area contributed by atoms with Crippen LogP contribution in [0.4, 0.5) is 5.69 Å². The number of aromatic nitrogens is 1. The van der Waals surface area contributed by atoms with Crippen LogP contribution in [0.1, 0.15) is 0 Å². The van der Waals surface area contributed by atoms with E-state index in [0.29, 0.717) is 10.8 Å². The van der Waals surface area contributed by atoms with Crippen LogP contribution in [0, 0.1) is 10.1 Å². The van der Waals surface area contributed by atoms with E-state index in [2.05, 4.69) is 4.98 Å².